The van der Waals surface area contributed by atoms with Crippen molar-refractivity contribution >= 4 is 34.9 Å². The summed E-state index contributed by atoms with van der Waals surface area (Å²) in [5.74, 6) is 1.50. The highest BCUT2D eigenvalue weighted by Gasteiger charge is 2.27. The summed E-state index contributed by atoms with van der Waals surface area (Å²) in [7, 11) is 3.21. The van der Waals surface area contributed by atoms with Gasteiger partial charge in [0, 0.05) is 30.7 Å². The lowest BCUT2D eigenvalue weighted by atomic mass is 9.96. The Hall–Kier alpha value is -3.91. The van der Waals surface area contributed by atoms with E-state index in [0.29, 0.717) is 46.8 Å². The van der Waals surface area contributed by atoms with Crippen molar-refractivity contribution in [2.24, 2.45) is 13.0 Å². The van der Waals surface area contributed by atoms with Crippen LogP contribution in [0.3, 0.4) is 0 Å². The lowest BCUT2D eigenvalue weighted by molar-refractivity contribution is 0.179. The van der Waals surface area contributed by atoms with Crippen molar-refractivity contribution in [1.29, 1.82) is 0 Å². The normalized spacial score (nSPS) is 14.6. The van der Waals surface area contributed by atoms with Gasteiger partial charge in [-0.2, -0.15) is 0 Å². The molecule has 8 nitrogen and oxygen atoms in total. The minimum atomic E-state index is -0.433. The van der Waals surface area contributed by atoms with E-state index >= 15 is 0 Å². The summed E-state index contributed by atoms with van der Waals surface area (Å²) in [6, 6.07) is 14.7. The van der Waals surface area contributed by atoms with E-state index in [0.717, 1.165) is 24.0 Å². The van der Waals surface area contributed by atoms with Crippen LogP contribution in [0.25, 0.3) is 28.6 Å². The summed E-state index contributed by atoms with van der Waals surface area (Å²) in [6.07, 6.45) is 7.46. The quantitative estimate of drug-likeness (QED) is 0.397. The molecule has 2 aromatic carbocycles. The van der Waals surface area contributed by atoms with E-state index < -0.39 is 5.69 Å². The summed E-state index contributed by atoms with van der Waals surface area (Å²) < 4.78 is 7.85. The molecule has 9 heteroatoms. The first-order valence-electron chi connectivity index (χ1n) is 11.8. The molecule has 0 aliphatic carbocycles. The Kier molecular flexibility index (Phi) is 6.61. The lowest BCUT2D eigenvalue weighted by Crippen LogP contribution is -2.44. The first-order valence-corrected chi connectivity index (χ1v) is 12.1. The topological polar surface area (TPSA) is 82.2 Å². The maximum absolute atomic E-state index is 13.4. The largest absolute Gasteiger partial charge is 0.497 e. The van der Waals surface area contributed by atoms with Crippen molar-refractivity contribution in [1.82, 2.24) is 24.0 Å². The molecular weight excluding hydrogens is 478 g/mol. The number of fused-ring (bicyclic) bond motifs is 1. The molecule has 184 valence electrons. The second-order valence-corrected chi connectivity index (χ2v) is 9.27. The van der Waals surface area contributed by atoms with Crippen LogP contribution in [0, 0.1) is 5.92 Å². The number of halogens is 1. The molecule has 1 aliphatic heterocycles. The van der Waals surface area contributed by atoms with Gasteiger partial charge in [0.05, 0.1) is 13.3 Å². The van der Waals surface area contributed by atoms with Crippen molar-refractivity contribution in [3.05, 3.63) is 81.9 Å². The summed E-state index contributed by atoms with van der Waals surface area (Å²) in [5, 5.41) is 0.713. The fourth-order valence-corrected chi connectivity index (χ4v) is 4.57. The van der Waals surface area contributed by atoms with Gasteiger partial charge in [-0.3, -0.25) is 4.57 Å². The zero-order valence-corrected chi connectivity index (χ0v) is 20.9. The molecule has 4 aromatic rings. The molecule has 0 spiro atoms. The number of rotatable bonds is 4. The number of carbonyl (C=O) groups is 1. The van der Waals surface area contributed by atoms with Gasteiger partial charge in [-0.15, -0.1) is 0 Å². The van der Waals surface area contributed by atoms with E-state index in [4.69, 9.17) is 16.3 Å². The van der Waals surface area contributed by atoms with Crippen LogP contribution >= 0.6 is 11.6 Å². The summed E-state index contributed by atoms with van der Waals surface area (Å²) in [6.45, 7) is 1.14. The molecule has 3 heterocycles. The number of carbonyl (C=O) groups excluding carboxylic acids is 1. The average molecular weight is 504 g/mol. The summed E-state index contributed by atoms with van der Waals surface area (Å²) >= 11 is 5.95. The monoisotopic (exact) mass is 503 g/mol. The second-order valence-electron chi connectivity index (χ2n) is 8.83. The van der Waals surface area contributed by atoms with E-state index in [1.165, 1.54) is 15.3 Å². The van der Waals surface area contributed by atoms with Gasteiger partial charge >= 0.3 is 11.7 Å². The molecule has 0 atom stereocenters. The number of ether oxygens (including phenoxy) is 1. The molecule has 0 N–H and O–H groups in total. The Labute approximate surface area is 213 Å². The maximum atomic E-state index is 13.4. The molecule has 36 heavy (non-hydrogen) atoms. The highest BCUT2D eigenvalue weighted by Crippen LogP contribution is 2.24. The zero-order valence-electron chi connectivity index (χ0n) is 20.1. The second kappa shape index (κ2) is 9.99. The van der Waals surface area contributed by atoms with Crippen LogP contribution in [-0.2, 0) is 7.05 Å². The zero-order chi connectivity index (χ0) is 25.2. The van der Waals surface area contributed by atoms with Crippen molar-refractivity contribution in [2.75, 3.05) is 20.2 Å². The predicted molar refractivity (Wildman–Crippen MR) is 140 cm³/mol. The molecule has 0 unspecified atom stereocenters. The van der Waals surface area contributed by atoms with Crippen LogP contribution in [0.2, 0.25) is 5.02 Å². The molecular formula is C27H26ClN5O3. The first-order chi connectivity index (χ1) is 17.4. The number of hydrogen-bond acceptors (Lipinski definition) is 5. The molecule has 2 aromatic heterocycles. The predicted octanol–water partition coefficient (Wildman–Crippen LogP) is 4.85. The smallest absolute Gasteiger partial charge is 0.338 e. The number of aryl methyl sites for hydroxylation is 1. The molecule has 1 saturated heterocycles. The Bertz CT molecular complexity index is 1500. The number of amides is 1. The number of likely N-dealkylation sites (tertiary alicyclic amines) is 1. The average Bonchev–Trinajstić information content (AvgIpc) is 3.17. The van der Waals surface area contributed by atoms with Gasteiger partial charge in [-0.1, -0.05) is 48.0 Å². The molecule has 0 saturated carbocycles. The Balaban J connectivity index is 1.34. The molecule has 1 aliphatic rings. The fourth-order valence-electron chi connectivity index (χ4n) is 4.45. The molecule has 5 rings (SSSR count). The van der Waals surface area contributed by atoms with Gasteiger partial charge in [0.2, 0.25) is 0 Å². The van der Waals surface area contributed by atoms with E-state index in [2.05, 4.69) is 22.1 Å². The van der Waals surface area contributed by atoms with Crippen LogP contribution in [0.4, 0.5) is 4.79 Å². The lowest BCUT2D eigenvalue weighted by Gasteiger charge is -2.30. The molecule has 0 bridgehead atoms. The number of piperidine rings is 1. The fraction of sp³-hybridized carbons (Fsp3) is 0.259. The van der Waals surface area contributed by atoms with Crippen molar-refractivity contribution in [2.45, 2.75) is 12.8 Å². The third kappa shape index (κ3) is 4.64. The number of imidazole rings is 1. The summed E-state index contributed by atoms with van der Waals surface area (Å²) in [5.41, 5.74) is 2.22. The number of benzene rings is 2. The number of methoxy groups -OCH3 is 1. The highest BCUT2D eigenvalue weighted by atomic mass is 35.5. The van der Waals surface area contributed by atoms with E-state index in [1.54, 1.807) is 19.1 Å². The molecule has 0 radical (unpaired) electrons. The van der Waals surface area contributed by atoms with Crippen LogP contribution < -0.4 is 10.4 Å². The standard InChI is InChI=1S/C27H26ClN5O3/c1-31-25-23(17-29-24(30-25)20-4-3-5-22(16-20)36-2)33(26(31)34)27(35)32-14-12-19(13-15-32)7-6-18-8-10-21(28)11-9-18/h3-11,16-17,19H,12-15H2,1-2H3/b7-6+. The van der Waals surface area contributed by atoms with Gasteiger partial charge in [0.1, 0.15) is 11.3 Å². The van der Waals surface area contributed by atoms with Gasteiger partial charge < -0.3 is 9.64 Å². The van der Waals surface area contributed by atoms with E-state index in [-0.39, 0.29) is 6.03 Å². The minimum Gasteiger partial charge on any atom is -0.497 e. The van der Waals surface area contributed by atoms with Crippen LogP contribution in [-0.4, -0.2) is 50.2 Å². The van der Waals surface area contributed by atoms with Crippen molar-refractivity contribution in [3.8, 4) is 17.1 Å². The van der Waals surface area contributed by atoms with E-state index in [1.807, 2.05) is 48.5 Å². The van der Waals surface area contributed by atoms with Gasteiger partial charge in [-0.05, 0) is 48.6 Å². The van der Waals surface area contributed by atoms with Crippen molar-refractivity contribution < 1.29 is 9.53 Å². The minimum absolute atomic E-state index is 0.344. The Morgan fingerprint density at radius 3 is 2.61 bits per heavy atom. The Morgan fingerprint density at radius 2 is 1.89 bits per heavy atom. The SMILES string of the molecule is COc1cccc(-c2ncc3c(n2)n(C)c(=O)n3C(=O)N2CCC(/C=C/c3ccc(Cl)cc3)CC2)c1. The first kappa shape index (κ1) is 23.8. The van der Waals surface area contributed by atoms with E-state index in [9.17, 15) is 9.59 Å². The number of hydrogen-bond donors (Lipinski definition) is 0. The number of aromatic nitrogens is 4. The number of allylic oxidation sites excluding steroid dienone is 1. The molecule has 1 fully saturated rings. The maximum Gasteiger partial charge on any atom is 0.338 e. The third-order valence-electron chi connectivity index (χ3n) is 6.55. The Morgan fingerprint density at radius 1 is 1.14 bits per heavy atom. The van der Waals surface area contributed by atoms with Crippen molar-refractivity contribution in [3.63, 3.8) is 0 Å². The van der Waals surface area contributed by atoms with Crippen LogP contribution in [0.15, 0.2) is 65.6 Å². The van der Waals surface area contributed by atoms with Gasteiger partial charge in [0.25, 0.3) is 0 Å². The molecule has 1 amide bonds. The summed E-state index contributed by atoms with van der Waals surface area (Å²) in [4.78, 5) is 37.2. The van der Waals surface area contributed by atoms with Gasteiger partial charge in [-0.25, -0.2) is 24.1 Å². The number of nitrogens with zero attached hydrogens (tertiary/aromatic N) is 5. The van der Waals surface area contributed by atoms with Crippen LogP contribution in [0.1, 0.15) is 18.4 Å². The third-order valence-corrected chi connectivity index (χ3v) is 6.80. The van der Waals surface area contributed by atoms with Crippen LogP contribution in [0.5, 0.6) is 5.75 Å². The highest BCUT2D eigenvalue weighted by molar-refractivity contribution is 6.30. The van der Waals surface area contributed by atoms with Gasteiger partial charge in [0.15, 0.2) is 11.5 Å².